The van der Waals surface area contributed by atoms with Gasteiger partial charge in [0.1, 0.15) is 6.54 Å². The summed E-state index contributed by atoms with van der Waals surface area (Å²) in [5, 5.41) is 12.0. The summed E-state index contributed by atoms with van der Waals surface area (Å²) in [6.45, 7) is 6.71. The van der Waals surface area contributed by atoms with E-state index in [9.17, 15) is 4.79 Å². The highest BCUT2D eigenvalue weighted by Crippen LogP contribution is 2.21. The van der Waals surface area contributed by atoms with Gasteiger partial charge in [-0.1, -0.05) is 35.9 Å². The molecule has 6 nitrogen and oxygen atoms in total. The van der Waals surface area contributed by atoms with Crippen molar-refractivity contribution in [3.8, 4) is 0 Å². The second-order valence-electron chi connectivity index (χ2n) is 6.03. The Labute approximate surface area is 151 Å². The molecule has 0 aliphatic heterocycles. The van der Waals surface area contributed by atoms with Crippen LogP contribution in [0.4, 0.5) is 5.69 Å². The van der Waals surface area contributed by atoms with Crippen molar-refractivity contribution in [1.82, 2.24) is 19.6 Å². The minimum absolute atomic E-state index is 0.106. The Morgan fingerprint density at radius 2 is 2.00 bits per heavy atom. The maximum Gasteiger partial charge on any atom is 0.246 e. The van der Waals surface area contributed by atoms with E-state index < -0.39 is 0 Å². The largest absolute Gasteiger partial charge is 0.321 e. The van der Waals surface area contributed by atoms with E-state index in [1.54, 1.807) is 6.20 Å². The molecule has 1 amide bonds. The van der Waals surface area contributed by atoms with Crippen molar-refractivity contribution in [2.24, 2.45) is 0 Å². The zero-order valence-electron chi connectivity index (χ0n) is 14.5. The van der Waals surface area contributed by atoms with E-state index in [0.717, 1.165) is 17.1 Å². The lowest BCUT2D eigenvalue weighted by Gasteiger charge is -2.09. The van der Waals surface area contributed by atoms with Crippen LogP contribution in [-0.2, 0) is 17.9 Å². The quantitative estimate of drug-likeness (QED) is 0.761. The lowest BCUT2D eigenvalue weighted by atomic mass is 10.1. The SMILES string of the molecule is Cc1ccccc1Cn1nc(C)c(NC(=O)Cn2cc(Cl)cn2)c1C. The number of aromatic nitrogens is 4. The Bertz CT molecular complexity index is 912. The van der Waals surface area contributed by atoms with E-state index in [1.807, 2.05) is 30.7 Å². The van der Waals surface area contributed by atoms with E-state index in [0.29, 0.717) is 11.6 Å². The van der Waals surface area contributed by atoms with Crippen LogP contribution in [0.3, 0.4) is 0 Å². The van der Waals surface area contributed by atoms with Gasteiger partial charge in [-0.2, -0.15) is 10.2 Å². The first-order chi connectivity index (χ1) is 11.9. The number of halogens is 1. The van der Waals surface area contributed by atoms with Gasteiger partial charge >= 0.3 is 0 Å². The number of anilines is 1. The zero-order chi connectivity index (χ0) is 18.0. The number of nitrogens with one attached hydrogen (secondary N) is 1. The summed E-state index contributed by atoms with van der Waals surface area (Å²) in [4.78, 5) is 12.3. The number of nitrogens with zero attached hydrogens (tertiary/aromatic N) is 4. The standard InChI is InChI=1S/C18H20ClN5O/c1-12-6-4-5-7-15(12)9-24-14(3)18(13(2)22-24)21-17(25)11-23-10-16(19)8-20-23/h4-8,10H,9,11H2,1-3H3,(H,21,25). The van der Waals surface area contributed by atoms with Gasteiger partial charge in [0.15, 0.2) is 0 Å². The first-order valence-electron chi connectivity index (χ1n) is 8.00. The predicted molar refractivity (Wildman–Crippen MR) is 97.8 cm³/mol. The van der Waals surface area contributed by atoms with Crippen molar-refractivity contribution in [3.63, 3.8) is 0 Å². The van der Waals surface area contributed by atoms with Crippen LogP contribution >= 0.6 is 11.6 Å². The van der Waals surface area contributed by atoms with E-state index in [1.165, 1.54) is 22.0 Å². The Balaban J connectivity index is 1.75. The van der Waals surface area contributed by atoms with Crippen LogP contribution in [0, 0.1) is 20.8 Å². The molecule has 0 aliphatic carbocycles. The first kappa shape index (κ1) is 17.2. The van der Waals surface area contributed by atoms with Crippen LogP contribution in [0.5, 0.6) is 0 Å². The minimum Gasteiger partial charge on any atom is -0.321 e. The molecule has 0 spiro atoms. The van der Waals surface area contributed by atoms with Gasteiger partial charge in [-0.25, -0.2) is 0 Å². The Morgan fingerprint density at radius 3 is 2.68 bits per heavy atom. The summed E-state index contributed by atoms with van der Waals surface area (Å²) >= 11 is 5.82. The van der Waals surface area contributed by atoms with Crippen molar-refractivity contribution in [2.45, 2.75) is 33.9 Å². The summed E-state index contributed by atoms with van der Waals surface area (Å²) in [5.41, 5.74) is 4.88. The summed E-state index contributed by atoms with van der Waals surface area (Å²) in [7, 11) is 0. The molecule has 0 saturated carbocycles. The fraction of sp³-hybridized carbons (Fsp3) is 0.278. The van der Waals surface area contributed by atoms with Crippen molar-refractivity contribution < 1.29 is 4.79 Å². The molecule has 2 aromatic heterocycles. The monoisotopic (exact) mass is 357 g/mol. The smallest absolute Gasteiger partial charge is 0.246 e. The molecule has 3 aromatic rings. The van der Waals surface area contributed by atoms with Crippen LogP contribution in [-0.4, -0.2) is 25.5 Å². The third kappa shape index (κ3) is 3.91. The van der Waals surface area contributed by atoms with Crippen molar-refractivity contribution >= 4 is 23.2 Å². The molecule has 25 heavy (non-hydrogen) atoms. The number of carbonyl (C=O) groups is 1. The maximum absolute atomic E-state index is 12.3. The average Bonchev–Trinajstić information content (AvgIpc) is 3.08. The Hall–Kier alpha value is -2.60. The number of hydrogen-bond donors (Lipinski definition) is 1. The van der Waals surface area contributed by atoms with Gasteiger partial charge < -0.3 is 5.32 Å². The average molecular weight is 358 g/mol. The molecule has 0 unspecified atom stereocenters. The van der Waals surface area contributed by atoms with E-state index >= 15 is 0 Å². The molecule has 1 aromatic carbocycles. The number of benzene rings is 1. The number of hydrogen-bond acceptors (Lipinski definition) is 3. The normalized spacial score (nSPS) is 10.9. The fourth-order valence-corrected chi connectivity index (χ4v) is 2.89. The van der Waals surface area contributed by atoms with Crippen LogP contribution in [0.2, 0.25) is 5.02 Å². The Kier molecular flexibility index (Phi) is 4.90. The number of rotatable bonds is 5. The molecule has 0 aliphatic rings. The summed E-state index contributed by atoms with van der Waals surface area (Å²) in [6, 6.07) is 8.21. The number of aryl methyl sites for hydroxylation is 2. The van der Waals surface area contributed by atoms with E-state index in [4.69, 9.17) is 11.6 Å². The van der Waals surface area contributed by atoms with Crippen LogP contribution in [0.25, 0.3) is 0 Å². The third-order valence-electron chi connectivity index (χ3n) is 4.13. The van der Waals surface area contributed by atoms with Gasteiger partial charge in [0, 0.05) is 6.20 Å². The van der Waals surface area contributed by atoms with Gasteiger partial charge in [0.2, 0.25) is 5.91 Å². The predicted octanol–water partition coefficient (Wildman–Crippen LogP) is 3.35. The van der Waals surface area contributed by atoms with E-state index in [-0.39, 0.29) is 12.5 Å². The molecule has 7 heteroatoms. The van der Waals surface area contributed by atoms with Gasteiger partial charge in [0.05, 0.1) is 34.8 Å². The maximum atomic E-state index is 12.3. The van der Waals surface area contributed by atoms with Crippen molar-refractivity contribution in [3.05, 3.63) is 64.2 Å². The molecule has 0 saturated heterocycles. The molecular formula is C18H20ClN5O. The summed E-state index contributed by atoms with van der Waals surface area (Å²) < 4.78 is 3.41. The molecule has 0 radical (unpaired) electrons. The number of amides is 1. The minimum atomic E-state index is -0.165. The topological polar surface area (TPSA) is 64.7 Å². The van der Waals surface area contributed by atoms with Gasteiger partial charge in [-0.05, 0) is 31.9 Å². The lowest BCUT2D eigenvalue weighted by Crippen LogP contribution is -2.19. The number of carbonyl (C=O) groups excluding carboxylic acids is 1. The molecule has 0 fully saturated rings. The molecular weight excluding hydrogens is 338 g/mol. The fourth-order valence-electron chi connectivity index (χ4n) is 2.73. The molecule has 130 valence electrons. The Morgan fingerprint density at radius 1 is 1.24 bits per heavy atom. The molecule has 3 rings (SSSR count). The highest BCUT2D eigenvalue weighted by molar-refractivity contribution is 6.30. The van der Waals surface area contributed by atoms with Crippen LogP contribution in [0.15, 0.2) is 36.7 Å². The van der Waals surface area contributed by atoms with Crippen molar-refractivity contribution in [1.29, 1.82) is 0 Å². The molecule has 1 N–H and O–H groups in total. The van der Waals surface area contributed by atoms with E-state index in [2.05, 4.69) is 34.6 Å². The van der Waals surface area contributed by atoms with Crippen molar-refractivity contribution in [2.75, 3.05) is 5.32 Å². The zero-order valence-corrected chi connectivity index (χ0v) is 15.2. The highest BCUT2D eigenvalue weighted by atomic mass is 35.5. The van der Waals surface area contributed by atoms with Crippen LogP contribution in [0.1, 0.15) is 22.5 Å². The second-order valence-corrected chi connectivity index (χ2v) is 6.47. The summed E-state index contributed by atoms with van der Waals surface area (Å²) in [6.07, 6.45) is 3.12. The van der Waals surface area contributed by atoms with Gasteiger partial charge in [0.25, 0.3) is 0 Å². The van der Waals surface area contributed by atoms with Gasteiger partial charge in [-0.3, -0.25) is 14.2 Å². The lowest BCUT2D eigenvalue weighted by molar-refractivity contribution is -0.116. The molecule has 2 heterocycles. The molecule has 0 bridgehead atoms. The van der Waals surface area contributed by atoms with Gasteiger partial charge in [-0.15, -0.1) is 0 Å². The highest BCUT2D eigenvalue weighted by Gasteiger charge is 2.15. The third-order valence-corrected chi connectivity index (χ3v) is 4.33. The summed E-state index contributed by atoms with van der Waals surface area (Å²) in [5.74, 6) is -0.165. The second kappa shape index (κ2) is 7.11. The first-order valence-corrected chi connectivity index (χ1v) is 8.38. The molecule has 0 atom stereocenters. The van der Waals surface area contributed by atoms with Crippen LogP contribution < -0.4 is 5.32 Å².